The Morgan fingerprint density at radius 3 is 2.47 bits per heavy atom. The summed E-state index contributed by atoms with van der Waals surface area (Å²) in [5, 5.41) is 5.18. The predicted molar refractivity (Wildman–Crippen MR) is 69.3 cm³/mol. The monoisotopic (exact) mass is 267 g/mol. The third-order valence-corrected chi connectivity index (χ3v) is 3.97. The maximum Gasteiger partial charge on any atom is 0.325 e. The molecule has 4 amide bonds. The molecule has 0 aromatic rings. The molecule has 0 bridgehead atoms. The Bertz CT molecular complexity index is 400. The van der Waals surface area contributed by atoms with Crippen molar-refractivity contribution in [2.24, 2.45) is 0 Å². The summed E-state index contributed by atoms with van der Waals surface area (Å²) in [5.74, 6) is -0.548. The molecule has 2 rings (SSSR count). The van der Waals surface area contributed by atoms with Gasteiger partial charge in [-0.3, -0.25) is 14.9 Å². The van der Waals surface area contributed by atoms with Crippen LogP contribution in [0.3, 0.4) is 0 Å². The first-order valence-electron chi connectivity index (χ1n) is 6.83. The quantitative estimate of drug-likeness (QED) is 0.741. The van der Waals surface area contributed by atoms with Gasteiger partial charge < -0.3 is 10.2 Å². The van der Waals surface area contributed by atoms with E-state index in [1.165, 1.54) is 11.3 Å². The molecule has 2 aliphatic rings. The molecular formula is C13H21N3O3. The van der Waals surface area contributed by atoms with Gasteiger partial charge in [0, 0.05) is 6.04 Å². The lowest BCUT2D eigenvalue weighted by Gasteiger charge is -2.29. The lowest BCUT2D eigenvalue weighted by atomic mass is 9.95. The van der Waals surface area contributed by atoms with Crippen molar-refractivity contribution in [2.75, 3.05) is 6.54 Å². The maximum atomic E-state index is 12.0. The summed E-state index contributed by atoms with van der Waals surface area (Å²) in [6.45, 7) is 3.21. The van der Waals surface area contributed by atoms with Gasteiger partial charge in [-0.1, -0.05) is 19.3 Å². The maximum absolute atomic E-state index is 12.0. The molecule has 1 aliphatic carbocycles. The number of carbonyl (C=O) groups excluding carboxylic acids is 3. The van der Waals surface area contributed by atoms with Gasteiger partial charge in [0.2, 0.25) is 5.91 Å². The average molecular weight is 267 g/mol. The molecule has 106 valence electrons. The molecule has 0 aromatic heterocycles. The van der Waals surface area contributed by atoms with Crippen LogP contribution < -0.4 is 10.6 Å². The van der Waals surface area contributed by atoms with Gasteiger partial charge in [-0.2, -0.15) is 0 Å². The van der Waals surface area contributed by atoms with Gasteiger partial charge in [0.25, 0.3) is 5.91 Å². The summed E-state index contributed by atoms with van der Waals surface area (Å²) >= 11 is 0. The standard InChI is InChI=1S/C13H21N3O3/c1-13(2)11(18)15-12(19)16(13)8-10(17)14-9-6-4-3-5-7-9/h9H,3-8H2,1-2H3,(H,14,17)(H,15,18,19). The smallest absolute Gasteiger partial charge is 0.325 e. The highest BCUT2D eigenvalue weighted by Gasteiger charge is 2.46. The number of amides is 4. The van der Waals surface area contributed by atoms with Crippen LogP contribution in [0.25, 0.3) is 0 Å². The van der Waals surface area contributed by atoms with Crippen molar-refractivity contribution in [3.05, 3.63) is 0 Å². The molecule has 1 saturated heterocycles. The van der Waals surface area contributed by atoms with Crippen molar-refractivity contribution < 1.29 is 14.4 Å². The molecule has 0 spiro atoms. The number of nitrogens with one attached hydrogen (secondary N) is 2. The molecule has 0 unspecified atom stereocenters. The topological polar surface area (TPSA) is 78.5 Å². The molecule has 0 aromatic carbocycles. The summed E-state index contributed by atoms with van der Waals surface area (Å²) in [5.41, 5.74) is -0.957. The van der Waals surface area contributed by atoms with E-state index in [9.17, 15) is 14.4 Å². The summed E-state index contributed by atoms with van der Waals surface area (Å²) < 4.78 is 0. The van der Waals surface area contributed by atoms with Crippen molar-refractivity contribution >= 4 is 17.8 Å². The fourth-order valence-corrected chi connectivity index (χ4v) is 2.63. The molecule has 19 heavy (non-hydrogen) atoms. The fourth-order valence-electron chi connectivity index (χ4n) is 2.63. The SMILES string of the molecule is CC1(C)C(=O)NC(=O)N1CC(=O)NC1CCCCC1. The van der Waals surface area contributed by atoms with E-state index >= 15 is 0 Å². The van der Waals surface area contributed by atoms with Gasteiger partial charge in [-0.25, -0.2) is 4.79 Å². The van der Waals surface area contributed by atoms with Crippen molar-refractivity contribution in [1.82, 2.24) is 15.5 Å². The van der Waals surface area contributed by atoms with Crippen LogP contribution >= 0.6 is 0 Å². The number of hydrogen-bond acceptors (Lipinski definition) is 3. The van der Waals surface area contributed by atoms with E-state index in [0.717, 1.165) is 25.7 Å². The normalized spacial score (nSPS) is 23.4. The first-order chi connectivity index (χ1) is 8.91. The van der Waals surface area contributed by atoms with Crippen LogP contribution in [0.1, 0.15) is 46.0 Å². The van der Waals surface area contributed by atoms with Crippen LogP contribution in [0.5, 0.6) is 0 Å². The Balaban J connectivity index is 1.91. The molecule has 6 heteroatoms. The highest BCUT2D eigenvalue weighted by atomic mass is 16.2. The van der Waals surface area contributed by atoms with Gasteiger partial charge in [-0.05, 0) is 26.7 Å². The second-order valence-corrected chi connectivity index (χ2v) is 5.81. The lowest BCUT2D eigenvalue weighted by Crippen LogP contribution is -2.50. The van der Waals surface area contributed by atoms with Crippen molar-refractivity contribution in [3.63, 3.8) is 0 Å². The highest BCUT2D eigenvalue weighted by Crippen LogP contribution is 2.21. The molecule has 1 heterocycles. The minimum absolute atomic E-state index is 0.0684. The molecular weight excluding hydrogens is 246 g/mol. The zero-order chi connectivity index (χ0) is 14.0. The lowest BCUT2D eigenvalue weighted by molar-refractivity contribution is -0.127. The van der Waals surface area contributed by atoms with E-state index in [-0.39, 0.29) is 24.4 Å². The number of imide groups is 1. The van der Waals surface area contributed by atoms with Gasteiger partial charge in [0.15, 0.2) is 0 Å². The number of hydrogen-bond donors (Lipinski definition) is 2. The molecule has 1 aliphatic heterocycles. The van der Waals surface area contributed by atoms with Crippen molar-refractivity contribution in [1.29, 1.82) is 0 Å². The summed E-state index contributed by atoms with van der Waals surface area (Å²) in [7, 11) is 0. The van der Waals surface area contributed by atoms with Crippen LogP contribution in [0.4, 0.5) is 4.79 Å². The predicted octanol–water partition coefficient (Wildman–Crippen LogP) is 0.766. The zero-order valence-corrected chi connectivity index (χ0v) is 11.5. The van der Waals surface area contributed by atoms with Gasteiger partial charge in [0.1, 0.15) is 12.1 Å². The van der Waals surface area contributed by atoms with E-state index in [1.54, 1.807) is 13.8 Å². The third kappa shape index (κ3) is 2.88. The number of carbonyl (C=O) groups is 3. The fraction of sp³-hybridized carbons (Fsp3) is 0.769. The molecule has 1 saturated carbocycles. The van der Waals surface area contributed by atoms with Crippen LogP contribution in [0, 0.1) is 0 Å². The Morgan fingerprint density at radius 2 is 1.95 bits per heavy atom. The highest BCUT2D eigenvalue weighted by molar-refractivity contribution is 6.07. The number of urea groups is 1. The second kappa shape index (κ2) is 5.19. The van der Waals surface area contributed by atoms with Crippen LogP contribution in [0.2, 0.25) is 0 Å². The summed E-state index contributed by atoms with van der Waals surface area (Å²) in [6.07, 6.45) is 5.50. The Kier molecular flexibility index (Phi) is 3.78. The van der Waals surface area contributed by atoms with Crippen LogP contribution in [-0.2, 0) is 9.59 Å². The van der Waals surface area contributed by atoms with E-state index < -0.39 is 11.6 Å². The minimum atomic E-state index is -0.957. The van der Waals surface area contributed by atoms with E-state index in [2.05, 4.69) is 10.6 Å². The van der Waals surface area contributed by atoms with Crippen LogP contribution in [-0.4, -0.2) is 40.9 Å². The van der Waals surface area contributed by atoms with Gasteiger partial charge in [0.05, 0.1) is 0 Å². The van der Waals surface area contributed by atoms with E-state index in [4.69, 9.17) is 0 Å². The minimum Gasteiger partial charge on any atom is -0.352 e. The Hall–Kier alpha value is -1.59. The average Bonchev–Trinajstić information content (AvgIpc) is 2.53. The molecule has 0 radical (unpaired) electrons. The summed E-state index contributed by atoms with van der Waals surface area (Å²) in [4.78, 5) is 36.5. The van der Waals surface area contributed by atoms with E-state index in [0.29, 0.717) is 0 Å². The molecule has 2 N–H and O–H groups in total. The van der Waals surface area contributed by atoms with Gasteiger partial charge >= 0.3 is 6.03 Å². The number of rotatable bonds is 3. The largest absolute Gasteiger partial charge is 0.352 e. The molecule has 6 nitrogen and oxygen atoms in total. The number of nitrogens with zero attached hydrogens (tertiary/aromatic N) is 1. The van der Waals surface area contributed by atoms with E-state index in [1.807, 2.05) is 0 Å². The van der Waals surface area contributed by atoms with Crippen LogP contribution in [0.15, 0.2) is 0 Å². The van der Waals surface area contributed by atoms with Crippen molar-refractivity contribution in [3.8, 4) is 0 Å². The Morgan fingerprint density at radius 1 is 1.32 bits per heavy atom. The molecule has 2 fully saturated rings. The first kappa shape index (κ1) is 13.8. The zero-order valence-electron chi connectivity index (χ0n) is 11.5. The third-order valence-electron chi connectivity index (χ3n) is 3.97. The second-order valence-electron chi connectivity index (χ2n) is 5.81. The summed E-state index contributed by atoms with van der Waals surface area (Å²) in [6, 6.07) is -0.278. The Labute approximate surface area is 112 Å². The molecule has 0 atom stereocenters. The first-order valence-corrected chi connectivity index (χ1v) is 6.83. The van der Waals surface area contributed by atoms with Crippen molar-refractivity contribution in [2.45, 2.75) is 57.5 Å². The van der Waals surface area contributed by atoms with Gasteiger partial charge in [-0.15, -0.1) is 0 Å².